The first kappa shape index (κ1) is 36.1. The molecule has 2 N–H and O–H groups in total. The van der Waals surface area contributed by atoms with Crippen molar-refractivity contribution in [3.05, 3.63) is 88.5 Å². The maximum atomic E-state index is 15.5. The maximum Gasteiger partial charge on any atom is 0.274 e. The van der Waals surface area contributed by atoms with Gasteiger partial charge in [0.05, 0.1) is 0 Å². The Balaban J connectivity index is 0.783. The third-order valence-electron chi connectivity index (χ3n) is 13.7. The van der Waals surface area contributed by atoms with Crippen LogP contribution in [0.5, 0.6) is 5.75 Å². The number of hydrogen-bond acceptors (Lipinski definition) is 7. The van der Waals surface area contributed by atoms with Crippen molar-refractivity contribution in [1.29, 1.82) is 0 Å². The van der Waals surface area contributed by atoms with Crippen molar-refractivity contribution < 1.29 is 28.3 Å². The van der Waals surface area contributed by atoms with Gasteiger partial charge in [0.2, 0.25) is 11.8 Å². The van der Waals surface area contributed by atoms with E-state index in [9.17, 15) is 19.5 Å². The number of alkyl halides is 2. The van der Waals surface area contributed by atoms with E-state index in [1.54, 1.807) is 17.0 Å². The minimum absolute atomic E-state index is 0.0229. The van der Waals surface area contributed by atoms with Crippen LogP contribution < -0.4 is 15.1 Å². The van der Waals surface area contributed by atoms with Crippen molar-refractivity contribution in [2.24, 2.45) is 23.7 Å². The molecule has 4 atom stereocenters. The number of hydrogen-bond donors (Lipinski definition) is 2. The number of carbonyl (C=O) groups is 3. The minimum atomic E-state index is -2.95. The predicted molar refractivity (Wildman–Crippen MR) is 206 cm³/mol. The Morgan fingerprint density at radius 2 is 1.55 bits per heavy atom. The Morgan fingerprint density at radius 1 is 0.836 bits per heavy atom. The Hall–Kier alpha value is -4.51. The highest BCUT2D eigenvalue weighted by Crippen LogP contribution is 2.57. The summed E-state index contributed by atoms with van der Waals surface area (Å²) in [6, 6.07) is 18.7. The molecule has 1 saturated carbocycles. The van der Waals surface area contributed by atoms with E-state index < -0.39 is 12.0 Å². The zero-order chi connectivity index (χ0) is 38.0. The molecule has 0 unspecified atom stereocenters. The van der Waals surface area contributed by atoms with Crippen LogP contribution in [0.15, 0.2) is 60.7 Å². The number of phenolic OH excluding ortho intramolecular Hbond substituents is 1. The first-order valence-electron chi connectivity index (χ1n) is 20.3. The van der Waals surface area contributed by atoms with Gasteiger partial charge >= 0.3 is 0 Å². The summed E-state index contributed by atoms with van der Waals surface area (Å²) in [5, 5.41) is 12.5. The lowest BCUT2D eigenvalue weighted by Gasteiger charge is -2.42. The molecule has 3 aromatic carbocycles. The molecule has 4 aliphatic heterocycles. The molecule has 3 saturated heterocycles. The van der Waals surface area contributed by atoms with Crippen molar-refractivity contribution in [3.8, 4) is 5.75 Å². The maximum absolute atomic E-state index is 15.5. The molecule has 0 spiro atoms. The molecule has 2 aliphatic carbocycles. The average Bonchev–Trinajstić information content (AvgIpc) is 3.98. The largest absolute Gasteiger partial charge is 0.508 e. The van der Waals surface area contributed by atoms with Gasteiger partial charge in [0.15, 0.2) is 0 Å². The fraction of sp³-hybridized carbons (Fsp3) is 0.523. The van der Waals surface area contributed by atoms with E-state index in [2.05, 4.69) is 57.3 Å². The molecule has 4 heterocycles. The number of piperazine rings is 1. The number of rotatable bonds is 8. The van der Waals surface area contributed by atoms with Crippen LogP contribution in [0.4, 0.5) is 20.2 Å². The van der Waals surface area contributed by atoms with Gasteiger partial charge in [-0.05, 0) is 115 Å². The predicted octanol–water partition coefficient (Wildman–Crippen LogP) is 6.48. The number of piperidine rings is 2. The average molecular weight is 752 g/mol. The van der Waals surface area contributed by atoms with Gasteiger partial charge in [-0.3, -0.25) is 24.6 Å². The third-order valence-corrected chi connectivity index (χ3v) is 13.7. The van der Waals surface area contributed by atoms with E-state index in [1.165, 1.54) is 11.8 Å². The van der Waals surface area contributed by atoms with E-state index in [0.717, 1.165) is 88.3 Å². The van der Waals surface area contributed by atoms with Crippen LogP contribution in [-0.4, -0.2) is 84.5 Å². The van der Waals surface area contributed by atoms with E-state index in [0.29, 0.717) is 35.9 Å². The second-order valence-electron chi connectivity index (χ2n) is 17.1. The van der Waals surface area contributed by atoms with Crippen LogP contribution in [0.3, 0.4) is 0 Å². The number of aromatic hydroxyl groups is 1. The molecule has 290 valence electrons. The second-order valence-corrected chi connectivity index (χ2v) is 17.1. The second kappa shape index (κ2) is 14.2. The van der Waals surface area contributed by atoms with Gasteiger partial charge in [-0.2, -0.15) is 0 Å². The Bertz CT molecular complexity index is 1970. The molecule has 55 heavy (non-hydrogen) atoms. The van der Waals surface area contributed by atoms with Crippen molar-refractivity contribution in [3.63, 3.8) is 0 Å². The number of nitrogens with one attached hydrogen (secondary N) is 1. The number of fused-ring (bicyclic) bond motifs is 2. The molecular formula is C44H51F2N5O4. The van der Waals surface area contributed by atoms with Crippen LogP contribution in [0, 0.1) is 23.7 Å². The summed E-state index contributed by atoms with van der Waals surface area (Å²) in [5.41, 5.74) is 5.59. The van der Waals surface area contributed by atoms with Gasteiger partial charge in [0, 0.05) is 93.6 Å². The van der Waals surface area contributed by atoms with Gasteiger partial charge in [-0.25, -0.2) is 8.78 Å². The van der Waals surface area contributed by atoms with Gasteiger partial charge in [-0.1, -0.05) is 25.1 Å². The quantitative estimate of drug-likeness (QED) is 0.255. The summed E-state index contributed by atoms with van der Waals surface area (Å²) in [4.78, 5) is 46.3. The standard InChI is InChI=1S/C44H51F2N5O4/c1-27(29-2-3-29)37-24-44(45,46)38-23-34(52)9-11-36(38)41(37)30-4-6-32(7-5-30)49-16-14-28(15-17-49)25-48-18-20-50(21-19-48)33-8-10-35-31(22-33)26-51(43(35)55)39-12-13-40(53)47-42(39)54/h4-11,22-23,27-29,37,39,41,52H,2-3,12-21,24-26H2,1H3,(H,47,53,54)/t27-,37-,39+,41-/m1/s1. The molecule has 9 nitrogen and oxygen atoms in total. The van der Waals surface area contributed by atoms with Gasteiger partial charge < -0.3 is 19.8 Å². The number of benzene rings is 3. The first-order valence-corrected chi connectivity index (χ1v) is 20.3. The summed E-state index contributed by atoms with van der Waals surface area (Å²) >= 11 is 0. The van der Waals surface area contributed by atoms with Gasteiger partial charge in [0.25, 0.3) is 11.8 Å². The Morgan fingerprint density at radius 3 is 2.25 bits per heavy atom. The lowest BCUT2D eigenvalue weighted by Crippen LogP contribution is -2.52. The molecule has 3 aromatic rings. The monoisotopic (exact) mass is 751 g/mol. The first-order chi connectivity index (χ1) is 26.5. The van der Waals surface area contributed by atoms with Crippen molar-refractivity contribution in [2.75, 3.05) is 55.6 Å². The molecular weight excluding hydrogens is 701 g/mol. The number of anilines is 2. The molecule has 11 heteroatoms. The van der Waals surface area contributed by atoms with Crippen molar-refractivity contribution >= 4 is 29.1 Å². The molecule has 4 fully saturated rings. The van der Waals surface area contributed by atoms with Crippen LogP contribution in [0.2, 0.25) is 0 Å². The van der Waals surface area contributed by atoms with Crippen LogP contribution in [-0.2, 0) is 22.1 Å². The van der Waals surface area contributed by atoms with E-state index in [4.69, 9.17) is 0 Å². The van der Waals surface area contributed by atoms with E-state index in [1.807, 2.05) is 12.1 Å². The Kier molecular flexibility index (Phi) is 9.34. The fourth-order valence-electron chi connectivity index (χ4n) is 10.4. The van der Waals surface area contributed by atoms with Crippen LogP contribution >= 0.6 is 0 Å². The number of carbonyl (C=O) groups excluding carboxylic acids is 3. The van der Waals surface area contributed by atoms with Crippen LogP contribution in [0.25, 0.3) is 0 Å². The molecule has 0 bridgehead atoms. The van der Waals surface area contributed by atoms with Crippen molar-refractivity contribution in [2.45, 2.75) is 76.3 Å². The highest BCUT2D eigenvalue weighted by molar-refractivity contribution is 6.05. The SMILES string of the molecule is C[C@H](C1CC1)[C@H]1CC(F)(F)c2cc(O)ccc2[C@H]1c1ccc(N2CCC(CN3CCN(c4ccc5c(c4)CN([C@H]4CCC(=O)NC4=O)C5=O)CC3)CC2)cc1. The normalized spacial score (nSPS) is 26.5. The van der Waals surface area contributed by atoms with Gasteiger partial charge in [-0.15, -0.1) is 0 Å². The summed E-state index contributed by atoms with van der Waals surface area (Å²) in [7, 11) is 0. The third kappa shape index (κ3) is 6.98. The van der Waals surface area contributed by atoms with E-state index >= 15 is 8.78 Å². The zero-order valence-corrected chi connectivity index (χ0v) is 31.6. The number of phenols is 1. The number of imide groups is 1. The fourth-order valence-corrected chi connectivity index (χ4v) is 10.4. The minimum Gasteiger partial charge on any atom is -0.508 e. The molecule has 9 rings (SSSR count). The summed E-state index contributed by atoms with van der Waals surface area (Å²) in [6.45, 7) is 9.42. The molecule has 0 aromatic heterocycles. The number of amides is 3. The topological polar surface area (TPSA) is 96.4 Å². The lowest BCUT2D eigenvalue weighted by atomic mass is 9.65. The highest BCUT2D eigenvalue weighted by atomic mass is 19.3. The summed E-state index contributed by atoms with van der Waals surface area (Å²) in [5.74, 6) is -2.77. The van der Waals surface area contributed by atoms with E-state index in [-0.39, 0.29) is 59.6 Å². The zero-order valence-electron chi connectivity index (χ0n) is 31.6. The summed E-state index contributed by atoms with van der Waals surface area (Å²) < 4.78 is 31.0. The number of halogens is 2. The van der Waals surface area contributed by atoms with Crippen molar-refractivity contribution in [1.82, 2.24) is 15.1 Å². The molecule has 6 aliphatic rings. The molecule has 3 amide bonds. The smallest absolute Gasteiger partial charge is 0.274 e. The lowest BCUT2D eigenvalue weighted by molar-refractivity contribution is -0.136. The summed E-state index contributed by atoms with van der Waals surface area (Å²) in [6.07, 6.45) is 4.93. The Labute approximate surface area is 321 Å². The molecule has 0 radical (unpaired) electrons. The van der Waals surface area contributed by atoms with Gasteiger partial charge in [0.1, 0.15) is 11.8 Å². The highest BCUT2D eigenvalue weighted by Gasteiger charge is 2.50. The number of nitrogens with zero attached hydrogens (tertiary/aromatic N) is 4. The van der Waals surface area contributed by atoms with Crippen LogP contribution in [0.1, 0.15) is 90.4 Å².